The molecule has 0 aliphatic carbocycles. The lowest BCUT2D eigenvalue weighted by molar-refractivity contribution is -0.358. The molecule has 8 nitrogen and oxygen atoms in total. The largest absolute Gasteiger partial charge is 0.467 e. The van der Waals surface area contributed by atoms with E-state index in [1.165, 1.54) is 28.4 Å². The van der Waals surface area contributed by atoms with Gasteiger partial charge >= 0.3 is 11.9 Å². The van der Waals surface area contributed by atoms with Crippen molar-refractivity contribution < 1.29 is 33.3 Å². The van der Waals surface area contributed by atoms with Crippen LogP contribution in [0.4, 0.5) is 0 Å². The second kappa shape index (κ2) is 7.79. The Kier molecular flexibility index (Phi) is 5.77. The first-order valence-electron chi connectivity index (χ1n) is 9.15. The SMILES string of the molecule is COC(=O)[C@@]1(OC)[C@@H]2CC[C@H](C(OC)[C@]1(OC)OC(=O)c1ccccc1)N2C. The fourth-order valence-electron chi connectivity index (χ4n) is 4.84. The lowest BCUT2D eigenvalue weighted by atomic mass is 9.77. The first kappa shape index (κ1) is 20.7. The lowest BCUT2D eigenvalue weighted by Crippen LogP contribution is -2.81. The highest BCUT2D eigenvalue weighted by atomic mass is 16.8. The summed E-state index contributed by atoms with van der Waals surface area (Å²) in [6.45, 7) is 0. The van der Waals surface area contributed by atoms with Crippen LogP contribution >= 0.6 is 0 Å². The molecule has 154 valence electrons. The molecule has 0 N–H and O–H groups in total. The van der Waals surface area contributed by atoms with E-state index in [9.17, 15) is 9.59 Å². The number of esters is 2. The van der Waals surface area contributed by atoms with Gasteiger partial charge in [-0.3, -0.25) is 4.90 Å². The summed E-state index contributed by atoms with van der Waals surface area (Å²) in [5, 5.41) is 0. The Balaban J connectivity index is 2.17. The van der Waals surface area contributed by atoms with Gasteiger partial charge in [-0.15, -0.1) is 0 Å². The number of rotatable bonds is 6. The normalized spacial score (nSPS) is 34.8. The van der Waals surface area contributed by atoms with Crippen LogP contribution in [0.15, 0.2) is 30.3 Å². The van der Waals surface area contributed by atoms with Gasteiger partial charge in [0.25, 0.3) is 5.79 Å². The van der Waals surface area contributed by atoms with Gasteiger partial charge in [-0.2, -0.15) is 0 Å². The third kappa shape index (κ3) is 2.67. The van der Waals surface area contributed by atoms with E-state index >= 15 is 0 Å². The number of ether oxygens (including phenoxy) is 5. The van der Waals surface area contributed by atoms with E-state index in [0.717, 1.165) is 6.42 Å². The second-order valence-electron chi connectivity index (χ2n) is 7.04. The van der Waals surface area contributed by atoms with E-state index in [2.05, 4.69) is 0 Å². The van der Waals surface area contributed by atoms with E-state index in [-0.39, 0.29) is 6.04 Å². The molecule has 2 saturated heterocycles. The molecule has 0 aromatic heterocycles. The van der Waals surface area contributed by atoms with Gasteiger partial charge in [-0.25, -0.2) is 9.59 Å². The average Bonchev–Trinajstić information content (AvgIpc) is 3.04. The predicted molar refractivity (Wildman–Crippen MR) is 98.7 cm³/mol. The zero-order valence-corrected chi connectivity index (χ0v) is 16.8. The molecule has 2 aliphatic heterocycles. The fraction of sp³-hybridized carbons (Fsp3) is 0.600. The zero-order chi connectivity index (χ0) is 20.5. The molecule has 8 heteroatoms. The number of piperidine rings is 1. The number of benzene rings is 1. The molecular formula is C20H27NO7. The Morgan fingerprint density at radius 1 is 1.04 bits per heavy atom. The maximum absolute atomic E-state index is 13.1. The van der Waals surface area contributed by atoms with Crippen molar-refractivity contribution in [1.82, 2.24) is 4.90 Å². The number of nitrogens with zero attached hydrogens (tertiary/aromatic N) is 1. The Morgan fingerprint density at radius 3 is 2.25 bits per heavy atom. The van der Waals surface area contributed by atoms with E-state index in [1.807, 2.05) is 11.9 Å². The molecule has 2 aliphatic rings. The summed E-state index contributed by atoms with van der Waals surface area (Å²) in [4.78, 5) is 28.1. The Bertz CT molecular complexity index is 727. The minimum atomic E-state index is -1.82. The lowest BCUT2D eigenvalue weighted by Gasteiger charge is -2.56. The number of fused-ring (bicyclic) bond motifs is 2. The number of likely N-dealkylation sites (N-methyl/N-ethyl adjacent to an activating group) is 1. The van der Waals surface area contributed by atoms with E-state index < -0.39 is 35.5 Å². The van der Waals surface area contributed by atoms with E-state index in [0.29, 0.717) is 12.0 Å². The summed E-state index contributed by atoms with van der Waals surface area (Å²) in [6, 6.07) is 7.98. The molecule has 28 heavy (non-hydrogen) atoms. The Hall–Kier alpha value is -2.00. The van der Waals surface area contributed by atoms with Crippen molar-refractivity contribution in [3.63, 3.8) is 0 Å². The maximum Gasteiger partial charge on any atom is 0.346 e. The highest BCUT2D eigenvalue weighted by Crippen LogP contribution is 2.52. The third-order valence-corrected chi connectivity index (χ3v) is 6.08. The Labute approximate surface area is 164 Å². The van der Waals surface area contributed by atoms with Crippen LogP contribution in [0.5, 0.6) is 0 Å². The van der Waals surface area contributed by atoms with Crippen LogP contribution in [-0.2, 0) is 28.5 Å². The minimum Gasteiger partial charge on any atom is -0.467 e. The quantitative estimate of drug-likeness (QED) is 0.527. The summed E-state index contributed by atoms with van der Waals surface area (Å²) >= 11 is 0. The summed E-state index contributed by atoms with van der Waals surface area (Å²) in [5.41, 5.74) is -1.39. The fourth-order valence-corrected chi connectivity index (χ4v) is 4.84. The highest BCUT2D eigenvalue weighted by molar-refractivity contribution is 5.91. The smallest absolute Gasteiger partial charge is 0.346 e. The van der Waals surface area contributed by atoms with Crippen molar-refractivity contribution in [3.8, 4) is 0 Å². The van der Waals surface area contributed by atoms with Crippen molar-refractivity contribution in [3.05, 3.63) is 35.9 Å². The van der Waals surface area contributed by atoms with Crippen molar-refractivity contribution >= 4 is 11.9 Å². The van der Waals surface area contributed by atoms with E-state index in [4.69, 9.17) is 23.7 Å². The molecule has 2 bridgehead atoms. The monoisotopic (exact) mass is 393 g/mol. The van der Waals surface area contributed by atoms with Crippen LogP contribution in [0.25, 0.3) is 0 Å². The van der Waals surface area contributed by atoms with Gasteiger partial charge in [-0.05, 0) is 32.0 Å². The van der Waals surface area contributed by atoms with Crippen LogP contribution in [0.1, 0.15) is 23.2 Å². The van der Waals surface area contributed by atoms with E-state index in [1.54, 1.807) is 30.3 Å². The summed E-state index contributed by atoms with van der Waals surface area (Å²) < 4.78 is 28.4. The van der Waals surface area contributed by atoms with Gasteiger partial charge < -0.3 is 23.7 Å². The molecule has 0 amide bonds. The summed E-state index contributed by atoms with van der Waals surface area (Å²) in [5.74, 6) is -3.15. The molecule has 5 atom stereocenters. The molecule has 0 spiro atoms. The van der Waals surface area contributed by atoms with Crippen LogP contribution in [-0.4, -0.2) is 81.9 Å². The van der Waals surface area contributed by atoms with Crippen LogP contribution in [0, 0.1) is 0 Å². The standard InChI is InChI=1S/C20H27NO7/c1-21-14-11-12-15(21)19(26-4,18(23)25-3)20(27-5,16(14)24-2)28-17(22)13-9-7-6-8-10-13/h6-10,14-16H,11-12H2,1-5H3/t14-,15+,16?,19+,20+/m1/s1. The van der Waals surface area contributed by atoms with Crippen LogP contribution in [0.3, 0.4) is 0 Å². The Morgan fingerprint density at radius 2 is 1.71 bits per heavy atom. The molecule has 1 aromatic carbocycles. The van der Waals surface area contributed by atoms with Crippen molar-refractivity contribution in [2.75, 3.05) is 35.5 Å². The maximum atomic E-state index is 13.1. The molecule has 1 unspecified atom stereocenters. The first-order chi connectivity index (χ1) is 13.4. The van der Waals surface area contributed by atoms with Gasteiger partial charge in [0.05, 0.1) is 18.7 Å². The predicted octanol–water partition coefficient (Wildman–Crippen LogP) is 1.24. The van der Waals surface area contributed by atoms with Crippen LogP contribution < -0.4 is 0 Å². The molecule has 0 saturated carbocycles. The number of carbonyl (C=O) groups excluding carboxylic acids is 2. The number of hydrogen-bond donors (Lipinski definition) is 0. The van der Waals surface area contributed by atoms with Gasteiger partial charge in [-0.1, -0.05) is 18.2 Å². The summed E-state index contributed by atoms with van der Waals surface area (Å²) in [7, 11) is 7.43. The second-order valence-corrected chi connectivity index (χ2v) is 7.04. The molecule has 3 rings (SSSR count). The number of methoxy groups -OCH3 is 4. The molecular weight excluding hydrogens is 366 g/mol. The number of carbonyl (C=O) groups is 2. The number of hydrogen-bond acceptors (Lipinski definition) is 8. The van der Waals surface area contributed by atoms with Crippen molar-refractivity contribution in [2.45, 2.75) is 42.4 Å². The minimum absolute atomic E-state index is 0.119. The van der Waals surface area contributed by atoms with Gasteiger partial charge in [0, 0.05) is 27.4 Å². The first-order valence-corrected chi connectivity index (χ1v) is 9.15. The van der Waals surface area contributed by atoms with Gasteiger partial charge in [0.2, 0.25) is 5.60 Å². The van der Waals surface area contributed by atoms with Crippen molar-refractivity contribution in [2.24, 2.45) is 0 Å². The van der Waals surface area contributed by atoms with Gasteiger partial charge in [0.15, 0.2) is 0 Å². The highest BCUT2D eigenvalue weighted by Gasteiger charge is 2.77. The van der Waals surface area contributed by atoms with Crippen molar-refractivity contribution in [1.29, 1.82) is 0 Å². The van der Waals surface area contributed by atoms with Crippen LogP contribution in [0.2, 0.25) is 0 Å². The van der Waals surface area contributed by atoms with Gasteiger partial charge in [0.1, 0.15) is 6.10 Å². The summed E-state index contributed by atoms with van der Waals surface area (Å²) in [6.07, 6.45) is 0.598. The molecule has 2 heterocycles. The molecule has 0 radical (unpaired) electrons. The molecule has 1 aromatic rings. The average molecular weight is 393 g/mol. The zero-order valence-electron chi connectivity index (χ0n) is 16.8. The molecule has 2 fully saturated rings. The third-order valence-electron chi connectivity index (χ3n) is 6.08. The topological polar surface area (TPSA) is 83.5 Å².